The van der Waals surface area contributed by atoms with Crippen molar-refractivity contribution in [3.05, 3.63) is 64.2 Å². The van der Waals surface area contributed by atoms with E-state index < -0.39 is 0 Å². The van der Waals surface area contributed by atoms with E-state index in [0.29, 0.717) is 10.8 Å². The van der Waals surface area contributed by atoms with Gasteiger partial charge in [0.1, 0.15) is 5.75 Å². The quantitative estimate of drug-likeness (QED) is 0.664. The number of carbonyl (C=O) groups excluding carboxylic acids is 1. The van der Waals surface area contributed by atoms with Crippen LogP contribution in [0.4, 0.5) is 0 Å². The van der Waals surface area contributed by atoms with Crippen molar-refractivity contribution in [1.29, 1.82) is 0 Å². The van der Waals surface area contributed by atoms with Crippen molar-refractivity contribution in [3.8, 4) is 5.75 Å². The summed E-state index contributed by atoms with van der Waals surface area (Å²) in [6.07, 6.45) is 3.50. The van der Waals surface area contributed by atoms with E-state index in [9.17, 15) is 4.79 Å². The van der Waals surface area contributed by atoms with E-state index in [1.807, 2.05) is 6.92 Å². The summed E-state index contributed by atoms with van der Waals surface area (Å²) in [6, 6.07) is 13.2. The second-order valence-electron chi connectivity index (χ2n) is 5.81. The molecule has 1 amide bonds. The summed E-state index contributed by atoms with van der Waals surface area (Å²) >= 11 is 5.80. The minimum Gasteiger partial charge on any atom is -0.484 e. The minimum atomic E-state index is -0.300. The Labute approximate surface area is 146 Å². The fraction of sp³-hybridized carbons (Fsp3) is 0.263. The first kappa shape index (κ1) is 16.5. The van der Waals surface area contributed by atoms with Crippen molar-refractivity contribution >= 4 is 23.2 Å². The highest BCUT2D eigenvalue weighted by atomic mass is 35.5. The van der Waals surface area contributed by atoms with Gasteiger partial charge in [0.25, 0.3) is 5.91 Å². The predicted octanol–water partition coefficient (Wildman–Crippen LogP) is 3.75. The third kappa shape index (κ3) is 4.15. The molecule has 24 heavy (non-hydrogen) atoms. The Hall–Kier alpha value is -2.33. The lowest BCUT2D eigenvalue weighted by molar-refractivity contribution is -0.123. The van der Waals surface area contributed by atoms with Crippen molar-refractivity contribution in [2.45, 2.75) is 26.2 Å². The van der Waals surface area contributed by atoms with Gasteiger partial charge in [0.2, 0.25) is 0 Å². The van der Waals surface area contributed by atoms with Crippen molar-refractivity contribution in [1.82, 2.24) is 5.43 Å². The summed E-state index contributed by atoms with van der Waals surface area (Å²) in [5.41, 5.74) is 7.16. The van der Waals surface area contributed by atoms with E-state index >= 15 is 0 Å². The van der Waals surface area contributed by atoms with Gasteiger partial charge in [-0.1, -0.05) is 23.7 Å². The Morgan fingerprint density at radius 1 is 1.17 bits per heavy atom. The molecule has 0 saturated carbocycles. The van der Waals surface area contributed by atoms with Crippen LogP contribution in [0, 0.1) is 0 Å². The van der Waals surface area contributed by atoms with Crippen LogP contribution < -0.4 is 10.2 Å². The molecule has 1 aliphatic rings. The molecule has 0 atom stereocenters. The largest absolute Gasteiger partial charge is 0.484 e. The summed E-state index contributed by atoms with van der Waals surface area (Å²) in [5.74, 6) is 0.291. The predicted molar refractivity (Wildman–Crippen MR) is 95.8 cm³/mol. The molecule has 0 heterocycles. The number of rotatable bonds is 5. The Kier molecular flexibility index (Phi) is 5.16. The van der Waals surface area contributed by atoms with Crippen LogP contribution in [-0.2, 0) is 17.6 Å². The zero-order chi connectivity index (χ0) is 16.9. The number of hydrogen-bond donors (Lipinski definition) is 1. The van der Waals surface area contributed by atoms with Gasteiger partial charge in [0.15, 0.2) is 6.61 Å². The molecule has 4 nitrogen and oxygen atoms in total. The van der Waals surface area contributed by atoms with Crippen LogP contribution in [0.2, 0.25) is 5.02 Å². The van der Waals surface area contributed by atoms with Crippen LogP contribution in [0.15, 0.2) is 47.6 Å². The first-order chi connectivity index (χ1) is 11.6. The SMILES string of the molecule is CC(=NNC(=O)COc1ccc(Cl)cc1)c1ccc2c(c1)CCC2. The van der Waals surface area contributed by atoms with Crippen LogP contribution >= 0.6 is 11.6 Å². The summed E-state index contributed by atoms with van der Waals surface area (Å²) in [6.45, 7) is 1.79. The van der Waals surface area contributed by atoms with Gasteiger partial charge in [-0.3, -0.25) is 4.79 Å². The highest BCUT2D eigenvalue weighted by Gasteiger charge is 2.11. The molecule has 0 bridgehead atoms. The van der Waals surface area contributed by atoms with Crippen LogP contribution in [0.5, 0.6) is 5.75 Å². The maximum atomic E-state index is 11.8. The van der Waals surface area contributed by atoms with Gasteiger partial charge in [-0.05, 0) is 73.2 Å². The molecule has 1 N–H and O–H groups in total. The molecule has 0 spiro atoms. The molecule has 3 rings (SSSR count). The monoisotopic (exact) mass is 342 g/mol. The number of carbonyl (C=O) groups is 1. The molecule has 5 heteroatoms. The molecule has 0 radical (unpaired) electrons. The number of amides is 1. The number of nitrogens with one attached hydrogen (secondary N) is 1. The van der Waals surface area contributed by atoms with Gasteiger partial charge < -0.3 is 4.74 Å². The maximum Gasteiger partial charge on any atom is 0.277 e. The molecule has 0 unspecified atom stereocenters. The lowest BCUT2D eigenvalue weighted by atomic mass is 10.0. The standard InChI is InChI=1S/C19H19ClN2O2/c1-13(15-6-5-14-3-2-4-16(14)11-15)21-22-19(23)12-24-18-9-7-17(20)8-10-18/h5-11H,2-4,12H2,1H3,(H,22,23). The van der Waals surface area contributed by atoms with Crippen LogP contribution in [0.3, 0.4) is 0 Å². The molecule has 2 aromatic carbocycles. The molecule has 0 aromatic heterocycles. The summed E-state index contributed by atoms with van der Waals surface area (Å²) < 4.78 is 5.38. The molecule has 1 aliphatic carbocycles. The third-order valence-corrected chi connectivity index (χ3v) is 4.30. The molecule has 0 saturated heterocycles. The fourth-order valence-electron chi connectivity index (χ4n) is 2.72. The number of hydrazone groups is 1. The summed E-state index contributed by atoms with van der Waals surface area (Å²) in [7, 11) is 0. The van der Waals surface area contributed by atoms with Crippen molar-refractivity contribution in [3.63, 3.8) is 0 Å². The third-order valence-electron chi connectivity index (χ3n) is 4.05. The molecule has 2 aromatic rings. The fourth-order valence-corrected chi connectivity index (χ4v) is 2.85. The Bertz CT molecular complexity index is 769. The van der Waals surface area contributed by atoms with E-state index in [1.165, 1.54) is 17.5 Å². The maximum absolute atomic E-state index is 11.8. The van der Waals surface area contributed by atoms with Crippen molar-refractivity contribution < 1.29 is 9.53 Å². The Morgan fingerprint density at radius 3 is 2.71 bits per heavy atom. The van der Waals surface area contributed by atoms with Gasteiger partial charge in [-0.25, -0.2) is 5.43 Å². The van der Waals surface area contributed by atoms with Crippen LogP contribution in [0.25, 0.3) is 0 Å². The first-order valence-electron chi connectivity index (χ1n) is 7.95. The van der Waals surface area contributed by atoms with Crippen LogP contribution in [0.1, 0.15) is 30.0 Å². The lowest BCUT2D eigenvalue weighted by Crippen LogP contribution is -2.25. The zero-order valence-electron chi connectivity index (χ0n) is 13.5. The Morgan fingerprint density at radius 2 is 1.92 bits per heavy atom. The smallest absolute Gasteiger partial charge is 0.277 e. The number of hydrogen-bond acceptors (Lipinski definition) is 3. The van der Waals surface area contributed by atoms with E-state index in [1.54, 1.807) is 24.3 Å². The Balaban J connectivity index is 1.54. The van der Waals surface area contributed by atoms with Crippen molar-refractivity contribution in [2.24, 2.45) is 5.10 Å². The second kappa shape index (κ2) is 7.49. The molecule has 124 valence electrons. The number of nitrogens with zero attached hydrogens (tertiary/aromatic N) is 1. The van der Waals surface area contributed by atoms with Gasteiger partial charge in [-0.2, -0.15) is 5.10 Å². The molecule has 0 fully saturated rings. The number of ether oxygens (including phenoxy) is 1. The van der Waals surface area contributed by atoms with Gasteiger partial charge in [0, 0.05) is 5.02 Å². The van der Waals surface area contributed by atoms with E-state index in [4.69, 9.17) is 16.3 Å². The van der Waals surface area contributed by atoms with Gasteiger partial charge >= 0.3 is 0 Å². The molecule has 0 aliphatic heterocycles. The molecular weight excluding hydrogens is 324 g/mol. The van der Waals surface area contributed by atoms with Crippen LogP contribution in [-0.4, -0.2) is 18.2 Å². The average molecular weight is 343 g/mol. The van der Waals surface area contributed by atoms with E-state index in [2.05, 4.69) is 28.7 Å². The second-order valence-corrected chi connectivity index (χ2v) is 6.25. The molecular formula is C19H19ClN2O2. The van der Waals surface area contributed by atoms with E-state index in [-0.39, 0.29) is 12.5 Å². The summed E-state index contributed by atoms with van der Waals surface area (Å²) in [5, 5.41) is 4.79. The van der Waals surface area contributed by atoms with E-state index in [0.717, 1.165) is 24.1 Å². The number of benzene rings is 2. The lowest BCUT2D eigenvalue weighted by Gasteiger charge is -2.07. The topological polar surface area (TPSA) is 50.7 Å². The number of fused-ring (bicyclic) bond motifs is 1. The highest BCUT2D eigenvalue weighted by Crippen LogP contribution is 2.23. The zero-order valence-corrected chi connectivity index (χ0v) is 14.3. The number of aryl methyl sites for hydroxylation is 2. The first-order valence-corrected chi connectivity index (χ1v) is 8.33. The van der Waals surface area contributed by atoms with Gasteiger partial charge in [-0.15, -0.1) is 0 Å². The average Bonchev–Trinajstić information content (AvgIpc) is 3.06. The normalized spacial score (nSPS) is 13.5. The number of halogens is 1. The summed E-state index contributed by atoms with van der Waals surface area (Å²) in [4.78, 5) is 11.8. The van der Waals surface area contributed by atoms with Gasteiger partial charge in [0.05, 0.1) is 5.71 Å². The highest BCUT2D eigenvalue weighted by molar-refractivity contribution is 6.30. The minimum absolute atomic E-state index is 0.0946. The van der Waals surface area contributed by atoms with Crippen molar-refractivity contribution in [2.75, 3.05) is 6.61 Å².